The molecule has 0 aliphatic rings. The molecule has 0 radical (unpaired) electrons. The third kappa shape index (κ3) is 2.19. The average Bonchev–Trinajstić information content (AvgIpc) is 1.98. The van der Waals surface area contributed by atoms with Gasteiger partial charge in [-0.2, -0.15) is 0 Å². The van der Waals surface area contributed by atoms with Crippen LogP contribution in [0.4, 0.5) is 0 Å². The van der Waals surface area contributed by atoms with Crippen LogP contribution in [0, 0.1) is 6.92 Å². The molecule has 0 spiro atoms. The summed E-state index contributed by atoms with van der Waals surface area (Å²) in [6.45, 7) is 4.59. The maximum Gasteiger partial charge on any atom is 0.214 e. The minimum absolute atomic E-state index is 0.655. The number of aryl methyl sites for hydroxylation is 1. The lowest BCUT2D eigenvalue weighted by Crippen LogP contribution is -1.94. The lowest BCUT2D eigenvalue weighted by atomic mass is 10.3. The Bertz CT molecular complexity index is 250. The zero-order valence-corrected chi connectivity index (χ0v) is 8.18. The molecule has 0 saturated heterocycles. The minimum Gasteiger partial charge on any atom is -0.478 e. The standard InChI is InChI=1S/C8H10BrNO/c1-3-11-8-4-7(9)6(2)5-10-8/h4-5H,3H2,1-2H3. The van der Waals surface area contributed by atoms with Crippen LogP contribution in [0.3, 0.4) is 0 Å². The molecule has 0 saturated carbocycles. The Morgan fingerprint density at radius 3 is 2.91 bits per heavy atom. The lowest BCUT2D eigenvalue weighted by Gasteiger charge is -2.02. The molecule has 0 aliphatic carbocycles. The predicted molar refractivity (Wildman–Crippen MR) is 47.8 cm³/mol. The van der Waals surface area contributed by atoms with Crippen LogP contribution in [0.25, 0.3) is 0 Å². The fourth-order valence-electron chi connectivity index (χ4n) is 0.708. The van der Waals surface area contributed by atoms with Gasteiger partial charge in [0.25, 0.3) is 0 Å². The van der Waals surface area contributed by atoms with Crippen molar-refractivity contribution >= 4 is 15.9 Å². The highest BCUT2D eigenvalue weighted by atomic mass is 79.9. The fourth-order valence-corrected chi connectivity index (χ4v) is 1.01. The van der Waals surface area contributed by atoms with Crippen molar-refractivity contribution in [3.8, 4) is 5.88 Å². The molecule has 1 heterocycles. The van der Waals surface area contributed by atoms with Crippen molar-refractivity contribution in [2.24, 2.45) is 0 Å². The van der Waals surface area contributed by atoms with Crippen LogP contribution in [-0.4, -0.2) is 11.6 Å². The van der Waals surface area contributed by atoms with Crippen molar-refractivity contribution < 1.29 is 4.74 Å². The van der Waals surface area contributed by atoms with Crippen molar-refractivity contribution in [2.75, 3.05) is 6.61 Å². The predicted octanol–water partition coefficient (Wildman–Crippen LogP) is 2.55. The molecule has 0 aromatic carbocycles. The van der Waals surface area contributed by atoms with Gasteiger partial charge < -0.3 is 4.74 Å². The summed E-state index contributed by atoms with van der Waals surface area (Å²) >= 11 is 3.40. The number of pyridine rings is 1. The third-order valence-corrected chi connectivity index (χ3v) is 2.16. The van der Waals surface area contributed by atoms with Gasteiger partial charge in [-0.1, -0.05) is 15.9 Å². The van der Waals surface area contributed by atoms with E-state index in [2.05, 4.69) is 20.9 Å². The molecule has 1 aromatic rings. The van der Waals surface area contributed by atoms with Gasteiger partial charge in [0.2, 0.25) is 5.88 Å². The molecule has 0 atom stereocenters. The molecule has 0 N–H and O–H groups in total. The first-order valence-corrected chi connectivity index (χ1v) is 4.28. The van der Waals surface area contributed by atoms with Gasteiger partial charge in [0.1, 0.15) is 0 Å². The van der Waals surface area contributed by atoms with E-state index in [1.54, 1.807) is 6.20 Å². The molecule has 60 valence electrons. The van der Waals surface area contributed by atoms with E-state index in [0.29, 0.717) is 12.5 Å². The molecular weight excluding hydrogens is 206 g/mol. The Kier molecular flexibility index (Phi) is 2.88. The highest BCUT2D eigenvalue weighted by Gasteiger charge is 1.97. The first-order chi connectivity index (χ1) is 5.24. The van der Waals surface area contributed by atoms with Gasteiger partial charge in [-0.05, 0) is 19.4 Å². The average molecular weight is 216 g/mol. The molecule has 1 aromatic heterocycles. The second-order valence-electron chi connectivity index (χ2n) is 2.20. The molecule has 0 bridgehead atoms. The van der Waals surface area contributed by atoms with Gasteiger partial charge in [0.05, 0.1) is 6.61 Å². The quantitative estimate of drug-likeness (QED) is 0.757. The summed E-state index contributed by atoms with van der Waals surface area (Å²) in [5.74, 6) is 0.671. The molecule has 2 nitrogen and oxygen atoms in total. The van der Waals surface area contributed by atoms with Crippen LogP contribution >= 0.6 is 15.9 Å². The van der Waals surface area contributed by atoms with E-state index in [-0.39, 0.29) is 0 Å². The van der Waals surface area contributed by atoms with Gasteiger partial charge in [0, 0.05) is 16.7 Å². The number of aromatic nitrogens is 1. The van der Waals surface area contributed by atoms with E-state index >= 15 is 0 Å². The van der Waals surface area contributed by atoms with Crippen molar-refractivity contribution in [1.29, 1.82) is 0 Å². The number of ether oxygens (including phenoxy) is 1. The number of hydrogen-bond acceptors (Lipinski definition) is 2. The molecule has 0 amide bonds. The second-order valence-corrected chi connectivity index (χ2v) is 3.06. The summed E-state index contributed by atoms with van der Waals surface area (Å²) < 4.78 is 6.24. The van der Waals surface area contributed by atoms with E-state index in [1.807, 2.05) is 19.9 Å². The van der Waals surface area contributed by atoms with Crippen molar-refractivity contribution in [1.82, 2.24) is 4.98 Å². The molecular formula is C8H10BrNO. The van der Waals surface area contributed by atoms with Crippen LogP contribution in [0.15, 0.2) is 16.7 Å². The summed E-state index contributed by atoms with van der Waals surface area (Å²) in [6, 6.07) is 1.87. The maximum atomic E-state index is 5.20. The van der Waals surface area contributed by atoms with Crippen LogP contribution in [-0.2, 0) is 0 Å². The first-order valence-electron chi connectivity index (χ1n) is 3.49. The zero-order valence-electron chi connectivity index (χ0n) is 6.60. The Labute approximate surface area is 74.7 Å². The highest BCUT2D eigenvalue weighted by Crippen LogP contribution is 2.19. The normalized spacial score (nSPS) is 9.73. The molecule has 0 aliphatic heterocycles. The first kappa shape index (κ1) is 8.53. The number of nitrogens with zero attached hydrogens (tertiary/aromatic N) is 1. The Hall–Kier alpha value is -0.570. The SMILES string of the molecule is CCOc1cc(Br)c(C)cn1. The zero-order chi connectivity index (χ0) is 8.27. The highest BCUT2D eigenvalue weighted by molar-refractivity contribution is 9.10. The minimum atomic E-state index is 0.655. The van der Waals surface area contributed by atoms with E-state index in [9.17, 15) is 0 Å². The van der Waals surface area contributed by atoms with E-state index in [0.717, 1.165) is 10.0 Å². The van der Waals surface area contributed by atoms with E-state index in [4.69, 9.17) is 4.74 Å². The summed E-state index contributed by atoms with van der Waals surface area (Å²) in [6.07, 6.45) is 1.79. The molecule has 3 heteroatoms. The van der Waals surface area contributed by atoms with Crippen LogP contribution in [0.1, 0.15) is 12.5 Å². The summed E-state index contributed by atoms with van der Waals surface area (Å²) in [4.78, 5) is 4.08. The Morgan fingerprint density at radius 1 is 1.64 bits per heavy atom. The largest absolute Gasteiger partial charge is 0.478 e. The topological polar surface area (TPSA) is 22.1 Å². The summed E-state index contributed by atoms with van der Waals surface area (Å²) in [5, 5.41) is 0. The van der Waals surface area contributed by atoms with Crippen molar-refractivity contribution in [3.63, 3.8) is 0 Å². The molecule has 0 fully saturated rings. The van der Waals surface area contributed by atoms with Crippen LogP contribution in [0.5, 0.6) is 5.88 Å². The second kappa shape index (κ2) is 3.72. The van der Waals surface area contributed by atoms with Gasteiger partial charge in [-0.25, -0.2) is 4.98 Å². The van der Waals surface area contributed by atoms with Crippen LogP contribution < -0.4 is 4.74 Å². The van der Waals surface area contributed by atoms with Gasteiger partial charge in [-0.15, -0.1) is 0 Å². The van der Waals surface area contributed by atoms with E-state index in [1.165, 1.54) is 0 Å². The third-order valence-electron chi connectivity index (χ3n) is 1.30. The number of rotatable bonds is 2. The maximum absolute atomic E-state index is 5.20. The van der Waals surface area contributed by atoms with Crippen LogP contribution in [0.2, 0.25) is 0 Å². The summed E-state index contributed by atoms with van der Waals surface area (Å²) in [5.41, 5.74) is 1.12. The van der Waals surface area contributed by atoms with Crippen molar-refractivity contribution in [2.45, 2.75) is 13.8 Å². The molecule has 11 heavy (non-hydrogen) atoms. The number of halogens is 1. The summed E-state index contributed by atoms with van der Waals surface area (Å²) in [7, 11) is 0. The Balaban J connectivity index is 2.86. The van der Waals surface area contributed by atoms with Gasteiger partial charge in [-0.3, -0.25) is 0 Å². The molecule has 1 rings (SSSR count). The number of hydrogen-bond donors (Lipinski definition) is 0. The monoisotopic (exact) mass is 215 g/mol. The van der Waals surface area contributed by atoms with Gasteiger partial charge in [0.15, 0.2) is 0 Å². The van der Waals surface area contributed by atoms with Crippen molar-refractivity contribution in [3.05, 3.63) is 22.3 Å². The molecule has 0 unspecified atom stereocenters. The lowest BCUT2D eigenvalue weighted by molar-refractivity contribution is 0.326. The fraction of sp³-hybridized carbons (Fsp3) is 0.375. The van der Waals surface area contributed by atoms with Gasteiger partial charge >= 0.3 is 0 Å². The Morgan fingerprint density at radius 2 is 2.36 bits per heavy atom. The van der Waals surface area contributed by atoms with E-state index < -0.39 is 0 Å². The smallest absolute Gasteiger partial charge is 0.214 e.